The van der Waals surface area contributed by atoms with Gasteiger partial charge in [-0.3, -0.25) is 0 Å². The van der Waals surface area contributed by atoms with Crippen molar-refractivity contribution in [2.75, 3.05) is 0 Å². The molecule has 0 aromatic rings. The summed E-state index contributed by atoms with van der Waals surface area (Å²) in [5.41, 5.74) is 1.09. The molecule has 0 spiro atoms. The summed E-state index contributed by atoms with van der Waals surface area (Å²) in [6.45, 7) is 25.9. The maximum Gasteiger partial charge on any atom is 0.473 e. The highest BCUT2D eigenvalue weighted by molar-refractivity contribution is 6.90. The van der Waals surface area contributed by atoms with Gasteiger partial charge in [-0.05, 0) is 65.8 Å². The molecule has 3 nitrogen and oxygen atoms in total. The Balaban J connectivity index is 5.56. The van der Waals surface area contributed by atoms with E-state index in [1.165, 1.54) is 0 Å². The van der Waals surface area contributed by atoms with E-state index < -0.39 is 33.8 Å². The van der Waals surface area contributed by atoms with E-state index in [0.29, 0.717) is 0 Å². The highest BCUT2D eigenvalue weighted by Crippen LogP contribution is 2.30. The zero-order valence-corrected chi connectivity index (χ0v) is 19.1. The highest BCUT2D eigenvalue weighted by atomic mass is 28.5. The molecular weight excluding hydrogens is 316 g/mol. The van der Waals surface area contributed by atoms with E-state index in [-0.39, 0.29) is 0 Å². The van der Waals surface area contributed by atoms with Gasteiger partial charge < -0.3 is 12.3 Å². The molecule has 0 aliphatic carbocycles. The summed E-state index contributed by atoms with van der Waals surface area (Å²) in [5.74, 6) is 0. The first-order valence-electron chi connectivity index (χ1n) is 7.29. The quantitative estimate of drug-likeness (QED) is 0.452. The van der Waals surface area contributed by atoms with Crippen molar-refractivity contribution in [3.63, 3.8) is 0 Å². The molecular formula is C13H34O3Si4. The third-order valence-electron chi connectivity index (χ3n) is 1.90. The molecule has 0 amide bonds. The highest BCUT2D eigenvalue weighted by Gasteiger charge is 2.49. The minimum Gasteiger partial charge on any atom is -0.417 e. The average Bonchev–Trinajstić information content (AvgIpc) is 1.86. The van der Waals surface area contributed by atoms with Crippen LogP contribution in [0.15, 0.2) is 12.2 Å². The molecule has 0 aromatic carbocycles. The number of hydrogen-bond donors (Lipinski definition) is 0. The van der Waals surface area contributed by atoms with Gasteiger partial charge in [-0.15, -0.1) is 6.58 Å². The van der Waals surface area contributed by atoms with Crippen LogP contribution >= 0.6 is 0 Å². The molecule has 0 rings (SSSR count). The fourth-order valence-corrected chi connectivity index (χ4v) is 16.4. The summed E-state index contributed by atoms with van der Waals surface area (Å²) in [7, 11) is -7.91. The predicted molar refractivity (Wildman–Crippen MR) is 98.7 cm³/mol. The first kappa shape index (κ1) is 20.5. The molecule has 0 N–H and O–H groups in total. The molecule has 0 bridgehead atoms. The maximum atomic E-state index is 6.53. The lowest BCUT2D eigenvalue weighted by Gasteiger charge is -2.43. The standard InChI is InChI=1S/C13H34O3Si4/c1-13(2)12-20(14-17(3,4)5,15-18(6,7)8)16-19(9,10)11/h1,12H2,2-11H3. The summed E-state index contributed by atoms with van der Waals surface area (Å²) < 4.78 is 19.6. The van der Waals surface area contributed by atoms with Crippen molar-refractivity contribution >= 4 is 33.8 Å². The third kappa shape index (κ3) is 10.2. The zero-order valence-electron chi connectivity index (χ0n) is 15.1. The molecule has 0 radical (unpaired) electrons. The summed E-state index contributed by atoms with van der Waals surface area (Å²) in [4.78, 5) is 0. The Labute approximate surface area is 130 Å². The van der Waals surface area contributed by atoms with Gasteiger partial charge in [0.25, 0.3) is 0 Å². The Morgan fingerprint density at radius 2 is 0.950 bits per heavy atom. The summed E-state index contributed by atoms with van der Waals surface area (Å²) in [6, 6.07) is 0.742. The van der Waals surface area contributed by atoms with Crippen molar-refractivity contribution in [3.8, 4) is 0 Å². The van der Waals surface area contributed by atoms with Gasteiger partial charge in [0.2, 0.25) is 0 Å². The van der Waals surface area contributed by atoms with E-state index in [2.05, 4.69) is 65.5 Å². The van der Waals surface area contributed by atoms with E-state index >= 15 is 0 Å². The molecule has 0 aliphatic rings. The lowest BCUT2D eigenvalue weighted by molar-refractivity contribution is 0.256. The molecule has 0 aromatic heterocycles. The summed E-state index contributed by atoms with van der Waals surface area (Å²) in [6.07, 6.45) is 0. The van der Waals surface area contributed by atoms with Crippen LogP contribution in [0.25, 0.3) is 0 Å². The molecule has 0 fully saturated rings. The molecule has 0 aliphatic heterocycles. The topological polar surface area (TPSA) is 27.7 Å². The van der Waals surface area contributed by atoms with Gasteiger partial charge in [0, 0.05) is 6.04 Å². The Bertz CT molecular complexity index is 296. The molecule has 0 heterocycles. The first-order chi connectivity index (χ1) is 8.54. The summed E-state index contributed by atoms with van der Waals surface area (Å²) in [5, 5.41) is 0. The van der Waals surface area contributed by atoms with Gasteiger partial charge >= 0.3 is 8.80 Å². The normalized spacial score (nSPS) is 14.5. The average molecular weight is 351 g/mol. The van der Waals surface area contributed by atoms with Crippen LogP contribution in [0.1, 0.15) is 6.92 Å². The molecule has 0 saturated heterocycles. The van der Waals surface area contributed by atoms with Crippen LogP contribution in [0.3, 0.4) is 0 Å². The monoisotopic (exact) mass is 350 g/mol. The summed E-state index contributed by atoms with van der Waals surface area (Å²) >= 11 is 0. The van der Waals surface area contributed by atoms with Crippen LogP contribution in [0, 0.1) is 0 Å². The van der Waals surface area contributed by atoms with E-state index in [0.717, 1.165) is 11.6 Å². The van der Waals surface area contributed by atoms with Crippen molar-refractivity contribution < 1.29 is 12.3 Å². The van der Waals surface area contributed by atoms with Crippen molar-refractivity contribution in [2.24, 2.45) is 0 Å². The minimum absolute atomic E-state index is 0.742. The molecule has 7 heteroatoms. The number of allylic oxidation sites excluding steroid dienone is 1. The first-order valence-corrected chi connectivity index (χ1v) is 19.4. The fourth-order valence-electron chi connectivity index (χ4n) is 1.94. The third-order valence-corrected chi connectivity index (χ3v) is 14.0. The van der Waals surface area contributed by atoms with Crippen LogP contribution in [-0.2, 0) is 12.3 Å². The maximum absolute atomic E-state index is 6.53. The van der Waals surface area contributed by atoms with E-state index in [1.807, 2.05) is 6.92 Å². The van der Waals surface area contributed by atoms with Crippen LogP contribution in [0.4, 0.5) is 0 Å². The van der Waals surface area contributed by atoms with Gasteiger partial charge in [0.1, 0.15) is 0 Å². The fraction of sp³-hybridized carbons (Fsp3) is 0.846. The van der Waals surface area contributed by atoms with Crippen LogP contribution < -0.4 is 0 Å². The SMILES string of the molecule is C=C(C)C[Si](O[Si](C)(C)C)(O[Si](C)(C)C)O[Si](C)(C)C. The minimum atomic E-state index is -2.68. The number of rotatable bonds is 8. The lowest BCUT2D eigenvalue weighted by atomic mass is 10.4. The smallest absolute Gasteiger partial charge is 0.417 e. The second-order valence-electron chi connectivity index (χ2n) is 8.46. The van der Waals surface area contributed by atoms with E-state index in [1.54, 1.807) is 0 Å². The van der Waals surface area contributed by atoms with Crippen molar-refractivity contribution in [1.82, 2.24) is 0 Å². The predicted octanol–water partition coefficient (Wildman–Crippen LogP) is 5.06. The zero-order chi connectivity index (χ0) is 16.4. The molecule has 0 atom stereocenters. The lowest BCUT2D eigenvalue weighted by Crippen LogP contribution is -2.60. The van der Waals surface area contributed by atoms with Gasteiger partial charge in [-0.25, -0.2) is 0 Å². The van der Waals surface area contributed by atoms with Gasteiger partial charge in [0.05, 0.1) is 0 Å². The molecule has 20 heavy (non-hydrogen) atoms. The van der Waals surface area contributed by atoms with Crippen LogP contribution in [-0.4, -0.2) is 33.8 Å². The van der Waals surface area contributed by atoms with Gasteiger partial charge in [0.15, 0.2) is 25.0 Å². The second-order valence-corrected chi connectivity index (χ2v) is 25.3. The Hall–Kier alpha value is 0.488. The molecule has 0 saturated carbocycles. The second kappa shape index (κ2) is 6.72. The Morgan fingerprint density at radius 1 is 0.700 bits per heavy atom. The van der Waals surface area contributed by atoms with Crippen molar-refractivity contribution in [1.29, 1.82) is 0 Å². The van der Waals surface area contributed by atoms with Crippen LogP contribution in [0.5, 0.6) is 0 Å². The largest absolute Gasteiger partial charge is 0.473 e. The molecule has 120 valence electrons. The molecule has 0 unspecified atom stereocenters. The van der Waals surface area contributed by atoms with Crippen LogP contribution in [0.2, 0.25) is 65.0 Å². The Kier molecular flexibility index (Phi) is 6.88. The van der Waals surface area contributed by atoms with Crippen molar-refractivity contribution in [3.05, 3.63) is 12.2 Å². The van der Waals surface area contributed by atoms with Crippen molar-refractivity contribution in [2.45, 2.75) is 71.9 Å². The van der Waals surface area contributed by atoms with E-state index in [4.69, 9.17) is 12.3 Å². The van der Waals surface area contributed by atoms with Gasteiger partial charge in [-0.1, -0.05) is 5.57 Å². The number of hydrogen-bond acceptors (Lipinski definition) is 3. The van der Waals surface area contributed by atoms with E-state index in [9.17, 15) is 0 Å². The Morgan fingerprint density at radius 3 is 1.10 bits per heavy atom. The van der Waals surface area contributed by atoms with Gasteiger partial charge in [-0.2, -0.15) is 0 Å².